The van der Waals surface area contributed by atoms with Crippen molar-refractivity contribution in [3.8, 4) is 22.9 Å². The van der Waals surface area contributed by atoms with Crippen LogP contribution in [-0.4, -0.2) is 58.3 Å². The van der Waals surface area contributed by atoms with E-state index in [4.69, 9.17) is 11.6 Å². The van der Waals surface area contributed by atoms with Crippen molar-refractivity contribution in [3.63, 3.8) is 0 Å². The fraction of sp³-hybridized carbons (Fsp3) is 0.286. The van der Waals surface area contributed by atoms with Crippen molar-refractivity contribution in [2.75, 3.05) is 13.1 Å². The Kier molecular flexibility index (Phi) is 5.19. The lowest BCUT2D eigenvalue weighted by Crippen LogP contribution is -2.39. The maximum Gasteiger partial charge on any atom is 0.420 e. The third-order valence-electron chi connectivity index (χ3n) is 5.99. The fourth-order valence-corrected chi connectivity index (χ4v) is 4.56. The molecular formula is C21H18ClF3N6O3. The van der Waals surface area contributed by atoms with Gasteiger partial charge >= 0.3 is 6.18 Å². The molecule has 3 N–H and O–H groups in total. The fourth-order valence-electron chi connectivity index (χ4n) is 4.31. The second kappa shape index (κ2) is 7.97. The number of aromatic hydroxyl groups is 2. The van der Waals surface area contributed by atoms with E-state index in [0.717, 1.165) is 10.5 Å². The molecule has 5 heterocycles. The normalized spacial score (nSPS) is 15.4. The predicted molar refractivity (Wildman–Crippen MR) is 115 cm³/mol. The zero-order valence-corrected chi connectivity index (χ0v) is 18.2. The van der Waals surface area contributed by atoms with E-state index >= 15 is 0 Å². The molecule has 1 aliphatic rings. The SMILES string of the molecule is O=C(c1nc2c(C(F)(F)F)cc(-c3cn[nH]c3)cn2c1Cl)N1CCC(n2c(O)ccc2O)CC1. The summed E-state index contributed by atoms with van der Waals surface area (Å²) in [6, 6.07) is 3.46. The number of halogens is 4. The number of imidazole rings is 1. The number of amides is 1. The number of piperidine rings is 1. The van der Waals surface area contributed by atoms with E-state index in [1.165, 1.54) is 40.2 Å². The van der Waals surface area contributed by atoms with Gasteiger partial charge in [0.2, 0.25) is 0 Å². The first-order valence-corrected chi connectivity index (χ1v) is 10.7. The third-order valence-corrected chi connectivity index (χ3v) is 6.35. The number of hydrogen-bond acceptors (Lipinski definition) is 5. The second-order valence-corrected chi connectivity index (χ2v) is 8.37. The van der Waals surface area contributed by atoms with Crippen molar-refractivity contribution < 1.29 is 28.2 Å². The van der Waals surface area contributed by atoms with E-state index in [-0.39, 0.29) is 47.3 Å². The molecule has 0 spiro atoms. The van der Waals surface area contributed by atoms with Crippen LogP contribution < -0.4 is 0 Å². The smallest absolute Gasteiger partial charge is 0.420 e. The molecule has 0 unspecified atom stereocenters. The Morgan fingerprint density at radius 3 is 2.41 bits per heavy atom. The summed E-state index contributed by atoms with van der Waals surface area (Å²) in [5.41, 5.74) is -1.14. The molecule has 0 aliphatic carbocycles. The summed E-state index contributed by atoms with van der Waals surface area (Å²) in [6.07, 6.45) is 0.321. The van der Waals surface area contributed by atoms with Gasteiger partial charge in [-0.1, -0.05) is 11.6 Å². The number of hydrogen-bond donors (Lipinski definition) is 3. The molecule has 9 nitrogen and oxygen atoms in total. The Morgan fingerprint density at radius 2 is 1.82 bits per heavy atom. The molecule has 34 heavy (non-hydrogen) atoms. The summed E-state index contributed by atoms with van der Waals surface area (Å²) in [7, 11) is 0. The maximum absolute atomic E-state index is 13.8. The summed E-state index contributed by atoms with van der Waals surface area (Å²) in [5, 5.41) is 26.0. The van der Waals surface area contributed by atoms with Crippen molar-refractivity contribution in [2.24, 2.45) is 0 Å². The minimum Gasteiger partial charge on any atom is -0.494 e. The standard InChI is InChI=1S/C21H18ClF3N6O3/c22-18-17(20(34)29-5-3-13(4-6-29)31-15(32)1-2-16(31)33)28-19-14(21(23,24)25)7-11(10-30(18)19)12-8-26-27-9-12/h1-2,7-10,13,32-33H,3-6H2,(H,26,27). The number of nitrogens with zero attached hydrogens (tertiary/aromatic N) is 5. The number of aromatic amines is 1. The molecule has 0 radical (unpaired) electrons. The van der Waals surface area contributed by atoms with Crippen LogP contribution in [0.1, 0.15) is 34.9 Å². The molecule has 178 valence electrons. The Hall–Kier alpha value is -3.67. The number of carbonyl (C=O) groups excluding carboxylic acids is 1. The molecule has 1 amide bonds. The molecular weight excluding hydrogens is 477 g/mol. The van der Waals surface area contributed by atoms with Crippen LogP contribution in [0, 0.1) is 0 Å². The van der Waals surface area contributed by atoms with E-state index in [1.54, 1.807) is 0 Å². The van der Waals surface area contributed by atoms with Crippen LogP contribution in [0.15, 0.2) is 36.8 Å². The van der Waals surface area contributed by atoms with E-state index in [9.17, 15) is 28.2 Å². The topological polar surface area (TPSA) is 112 Å². The molecule has 4 aromatic heterocycles. The lowest BCUT2D eigenvalue weighted by Gasteiger charge is -2.32. The summed E-state index contributed by atoms with van der Waals surface area (Å²) in [6.45, 7) is 0.494. The summed E-state index contributed by atoms with van der Waals surface area (Å²) in [5.74, 6) is -0.761. The van der Waals surface area contributed by atoms with Crippen LogP contribution in [-0.2, 0) is 6.18 Å². The van der Waals surface area contributed by atoms with Crippen molar-refractivity contribution in [1.82, 2.24) is 29.0 Å². The zero-order valence-electron chi connectivity index (χ0n) is 17.4. The van der Waals surface area contributed by atoms with Gasteiger partial charge in [0.15, 0.2) is 23.1 Å². The number of fused-ring (bicyclic) bond motifs is 1. The van der Waals surface area contributed by atoms with Gasteiger partial charge in [0.05, 0.1) is 11.8 Å². The first-order valence-electron chi connectivity index (χ1n) is 10.3. The lowest BCUT2D eigenvalue weighted by molar-refractivity contribution is -0.136. The molecule has 0 aromatic carbocycles. The van der Waals surface area contributed by atoms with Gasteiger partial charge in [-0.25, -0.2) is 4.98 Å². The number of H-pyrrole nitrogens is 1. The van der Waals surface area contributed by atoms with Crippen LogP contribution in [0.2, 0.25) is 5.15 Å². The minimum absolute atomic E-state index is 0.0845. The van der Waals surface area contributed by atoms with Crippen molar-refractivity contribution >= 4 is 23.2 Å². The highest BCUT2D eigenvalue weighted by molar-refractivity contribution is 6.33. The van der Waals surface area contributed by atoms with Gasteiger partial charge in [0.1, 0.15) is 5.15 Å². The van der Waals surface area contributed by atoms with Gasteiger partial charge in [-0.3, -0.25) is 18.9 Å². The maximum atomic E-state index is 13.8. The number of likely N-dealkylation sites (tertiary alicyclic amines) is 1. The van der Waals surface area contributed by atoms with E-state index in [2.05, 4.69) is 15.2 Å². The second-order valence-electron chi connectivity index (χ2n) is 8.02. The molecule has 4 aromatic rings. The van der Waals surface area contributed by atoms with Crippen LogP contribution in [0.4, 0.5) is 13.2 Å². The van der Waals surface area contributed by atoms with Crippen molar-refractivity contribution in [1.29, 1.82) is 0 Å². The molecule has 1 saturated heterocycles. The van der Waals surface area contributed by atoms with E-state index in [1.807, 2.05) is 0 Å². The number of carbonyl (C=O) groups is 1. The quantitative estimate of drug-likeness (QED) is 0.397. The van der Waals surface area contributed by atoms with Crippen molar-refractivity contribution in [3.05, 3.63) is 53.2 Å². The molecule has 1 aliphatic heterocycles. The average Bonchev–Trinajstić information content (AvgIpc) is 3.52. The number of alkyl halides is 3. The van der Waals surface area contributed by atoms with Gasteiger partial charge in [-0.05, 0) is 18.9 Å². The highest BCUT2D eigenvalue weighted by Gasteiger charge is 2.37. The summed E-state index contributed by atoms with van der Waals surface area (Å²) in [4.78, 5) is 18.6. The molecule has 0 saturated carbocycles. The first kappa shape index (κ1) is 22.1. The van der Waals surface area contributed by atoms with E-state index < -0.39 is 23.3 Å². The Bertz CT molecular complexity index is 1350. The van der Waals surface area contributed by atoms with Gasteiger partial charge in [-0.2, -0.15) is 18.3 Å². The highest BCUT2D eigenvalue weighted by atomic mass is 35.5. The monoisotopic (exact) mass is 494 g/mol. The predicted octanol–water partition coefficient (Wildman–Crippen LogP) is 4.09. The van der Waals surface area contributed by atoms with Gasteiger partial charge in [0.25, 0.3) is 5.91 Å². The Labute approximate surface area is 195 Å². The van der Waals surface area contributed by atoms with Gasteiger partial charge < -0.3 is 15.1 Å². The molecule has 0 atom stereocenters. The van der Waals surface area contributed by atoms with E-state index in [0.29, 0.717) is 18.4 Å². The molecule has 5 rings (SSSR count). The van der Waals surface area contributed by atoms with Crippen LogP contribution in [0.25, 0.3) is 16.8 Å². The van der Waals surface area contributed by atoms with Gasteiger partial charge in [-0.15, -0.1) is 0 Å². The minimum atomic E-state index is -4.73. The van der Waals surface area contributed by atoms with Crippen LogP contribution >= 0.6 is 11.6 Å². The average molecular weight is 495 g/mol. The number of pyridine rings is 1. The summed E-state index contributed by atoms with van der Waals surface area (Å²) >= 11 is 6.37. The van der Waals surface area contributed by atoms with Crippen LogP contribution in [0.3, 0.4) is 0 Å². The Balaban J connectivity index is 1.47. The molecule has 13 heteroatoms. The first-order chi connectivity index (χ1) is 16.1. The lowest BCUT2D eigenvalue weighted by atomic mass is 10.0. The number of rotatable bonds is 3. The summed E-state index contributed by atoms with van der Waals surface area (Å²) < 4.78 is 43.9. The third kappa shape index (κ3) is 3.63. The number of nitrogens with one attached hydrogen (secondary N) is 1. The molecule has 0 bridgehead atoms. The van der Waals surface area contributed by atoms with Crippen LogP contribution in [0.5, 0.6) is 11.8 Å². The highest BCUT2D eigenvalue weighted by Crippen LogP contribution is 2.38. The molecule has 1 fully saturated rings. The van der Waals surface area contributed by atoms with Gasteiger partial charge in [0, 0.05) is 54.8 Å². The largest absolute Gasteiger partial charge is 0.494 e. The number of aromatic nitrogens is 5. The Morgan fingerprint density at radius 1 is 1.15 bits per heavy atom. The van der Waals surface area contributed by atoms with Crippen molar-refractivity contribution in [2.45, 2.75) is 25.1 Å². The zero-order chi connectivity index (χ0) is 24.2.